The molecule has 0 aliphatic carbocycles. The molecule has 2 amide bonds. The maximum absolute atomic E-state index is 13.1. The lowest BCUT2D eigenvalue weighted by molar-refractivity contribution is -0.114. The minimum absolute atomic E-state index is 0.173. The second-order valence-corrected chi connectivity index (χ2v) is 6.74. The van der Waals surface area contributed by atoms with Crippen molar-refractivity contribution in [3.8, 4) is 16.9 Å². The summed E-state index contributed by atoms with van der Waals surface area (Å²) in [4.78, 5) is 24.4. The summed E-state index contributed by atoms with van der Waals surface area (Å²) in [6.45, 7) is 1.44. The Bertz CT molecular complexity index is 1180. The molecule has 2 N–H and O–H groups in total. The lowest BCUT2D eigenvalue weighted by Gasteiger charge is -2.09. The van der Waals surface area contributed by atoms with Gasteiger partial charge in [0.25, 0.3) is 5.91 Å². The molecule has 0 saturated heterocycles. The van der Waals surface area contributed by atoms with E-state index in [2.05, 4.69) is 15.7 Å². The van der Waals surface area contributed by atoms with Crippen LogP contribution in [0.3, 0.4) is 0 Å². The first-order chi connectivity index (χ1) is 14.6. The fourth-order valence-electron chi connectivity index (χ4n) is 3.13. The Labute approximate surface area is 174 Å². The second kappa shape index (κ2) is 8.45. The molecule has 0 aliphatic heterocycles. The number of nitrogens with zero attached hydrogens (tertiary/aromatic N) is 2. The van der Waals surface area contributed by atoms with Gasteiger partial charge in [-0.3, -0.25) is 9.59 Å². The normalized spacial score (nSPS) is 10.4. The van der Waals surface area contributed by atoms with E-state index in [-0.39, 0.29) is 11.8 Å². The van der Waals surface area contributed by atoms with E-state index >= 15 is 0 Å². The molecule has 0 fully saturated rings. The van der Waals surface area contributed by atoms with Crippen molar-refractivity contribution in [1.82, 2.24) is 9.78 Å². The summed E-state index contributed by atoms with van der Waals surface area (Å²) in [7, 11) is 0. The number of aromatic nitrogens is 2. The number of rotatable bonds is 5. The smallest absolute Gasteiger partial charge is 0.274 e. The maximum Gasteiger partial charge on any atom is 0.274 e. The van der Waals surface area contributed by atoms with E-state index in [1.165, 1.54) is 6.92 Å². The zero-order chi connectivity index (χ0) is 20.9. The van der Waals surface area contributed by atoms with Crippen LogP contribution in [0.15, 0.2) is 91.0 Å². The third-order valence-corrected chi connectivity index (χ3v) is 4.45. The van der Waals surface area contributed by atoms with Gasteiger partial charge in [0, 0.05) is 23.9 Å². The summed E-state index contributed by atoms with van der Waals surface area (Å²) in [6.07, 6.45) is 0. The molecular formula is C24H20N4O2. The monoisotopic (exact) mass is 396 g/mol. The number of nitrogens with one attached hydrogen (secondary N) is 2. The lowest BCUT2D eigenvalue weighted by Crippen LogP contribution is -2.17. The van der Waals surface area contributed by atoms with E-state index in [1.54, 1.807) is 35.0 Å². The number of amides is 2. The van der Waals surface area contributed by atoms with Crippen LogP contribution in [-0.2, 0) is 4.79 Å². The average Bonchev–Trinajstić information content (AvgIpc) is 3.21. The first kappa shape index (κ1) is 19.1. The highest BCUT2D eigenvalue weighted by Gasteiger charge is 2.18. The molecule has 6 nitrogen and oxygen atoms in total. The molecular weight excluding hydrogens is 376 g/mol. The van der Waals surface area contributed by atoms with Crippen LogP contribution in [0.1, 0.15) is 17.4 Å². The zero-order valence-corrected chi connectivity index (χ0v) is 16.4. The quantitative estimate of drug-likeness (QED) is 0.511. The number of anilines is 2. The van der Waals surface area contributed by atoms with Gasteiger partial charge in [0.15, 0.2) is 0 Å². The number of carbonyl (C=O) groups excluding carboxylic acids is 2. The van der Waals surface area contributed by atoms with E-state index in [0.717, 1.165) is 11.3 Å². The lowest BCUT2D eigenvalue weighted by atomic mass is 10.1. The Kier molecular flexibility index (Phi) is 5.39. The van der Waals surface area contributed by atoms with Gasteiger partial charge in [-0.15, -0.1) is 0 Å². The molecule has 0 radical (unpaired) electrons. The highest BCUT2D eigenvalue weighted by Crippen LogP contribution is 2.23. The third-order valence-electron chi connectivity index (χ3n) is 4.45. The summed E-state index contributed by atoms with van der Waals surface area (Å²) in [5.74, 6) is -0.471. The largest absolute Gasteiger partial charge is 0.326 e. The third kappa shape index (κ3) is 4.28. The topological polar surface area (TPSA) is 76.0 Å². The van der Waals surface area contributed by atoms with E-state index in [0.29, 0.717) is 22.8 Å². The predicted octanol–water partition coefficient (Wildman–Crippen LogP) is 4.75. The van der Waals surface area contributed by atoms with Gasteiger partial charge in [-0.2, -0.15) is 5.10 Å². The molecule has 1 heterocycles. The molecule has 0 saturated carbocycles. The van der Waals surface area contributed by atoms with Gasteiger partial charge in [-0.05, 0) is 36.4 Å². The number of para-hydroxylation sites is 1. The van der Waals surface area contributed by atoms with Crippen LogP contribution in [0, 0.1) is 0 Å². The van der Waals surface area contributed by atoms with E-state index < -0.39 is 0 Å². The number of carbonyl (C=O) groups is 2. The molecule has 148 valence electrons. The molecule has 30 heavy (non-hydrogen) atoms. The number of hydrogen-bond acceptors (Lipinski definition) is 3. The molecule has 0 unspecified atom stereocenters. The van der Waals surface area contributed by atoms with Crippen LogP contribution < -0.4 is 10.6 Å². The SMILES string of the molecule is CC(=O)Nc1cccc(NC(=O)c2cc(-c3ccccc3)nn2-c2ccccc2)c1. The molecule has 4 aromatic rings. The highest BCUT2D eigenvalue weighted by molar-refractivity contribution is 6.04. The van der Waals surface area contributed by atoms with Crippen molar-refractivity contribution in [3.05, 3.63) is 96.7 Å². The van der Waals surface area contributed by atoms with Gasteiger partial charge in [-0.25, -0.2) is 4.68 Å². The van der Waals surface area contributed by atoms with Crippen molar-refractivity contribution < 1.29 is 9.59 Å². The summed E-state index contributed by atoms with van der Waals surface area (Å²) < 4.78 is 1.63. The van der Waals surface area contributed by atoms with Crippen LogP contribution in [0.25, 0.3) is 16.9 Å². The standard InChI is InChI=1S/C24H20N4O2/c1-17(29)25-19-11-8-12-20(15-19)26-24(30)23-16-22(18-9-4-2-5-10-18)27-28(23)21-13-6-3-7-14-21/h2-16H,1H3,(H,25,29)(H,26,30). The van der Waals surface area contributed by atoms with Crippen molar-refractivity contribution in [1.29, 1.82) is 0 Å². The van der Waals surface area contributed by atoms with Crippen LogP contribution in [0.4, 0.5) is 11.4 Å². The van der Waals surface area contributed by atoms with Crippen molar-refractivity contribution in [2.24, 2.45) is 0 Å². The van der Waals surface area contributed by atoms with Crippen LogP contribution in [0.5, 0.6) is 0 Å². The maximum atomic E-state index is 13.1. The highest BCUT2D eigenvalue weighted by atomic mass is 16.2. The van der Waals surface area contributed by atoms with Crippen molar-refractivity contribution >= 4 is 23.2 Å². The minimum Gasteiger partial charge on any atom is -0.326 e. The molecule has 0 atom stereocenters. The van der Waals surface area contributed by atoms with Crippen molar-refractivity contribution in [3.63, 3.8) is 0 Å². The summed E-state index contributed by atoms with van der Waals surface area (Å²) in [5.41, 5.74) is 4.02. The van der Waals surface area contributed by atoms with Crippen molar-refractivity contribution in [2.75, 3.05) is 10.6 Å². The average molecular weight is 396 g/mol. The Morgan fingerprint density at radius 3 is 2.07 bits per heavy atom. The van der Waals surface area contributed by atoms with Gasteiger partial charge < -0.3 is 10.6 Å². The molecule has 6 heteroatoms. The Morgan fingerprint density at radius 1 is 0.767 bits per heavy atom. The fourth-order valence-corrected chi connectivity index (χ4v) is 3.13. The summed E-state index contributed by atoms with van der Waals surface area (Å²) in [5, 5.41) is 10.3. The second-order valence-electron chi connectivity index (χ2n) is 6.74. The van der Waals surface area contributed by atoms with Gasteiger partial charge >= 0.3 is 0 Å². The Hall–Kier alpha value is -4.19. The Balaban J connectivity index is 1.69. The summed E-state index contributed by atoms with van der Waals surface area (Å²) in [6, 6.07) is 28.0. The zero-order valence-electron chi connectivity index (χ0n) is 16.4. The molecule has 0 spiro atoms. The first-order valence-electron chi connectivity index (χ1n) is 9.50. The van der Waals surface area contributed by atoms with Gasteiger partial charge in [0.05, 0.1) is 11.4 Å². The molecule has 4 rings (SSSR count). The fraction of sp³-hybridized carbons (Fsp3) is 0.0417. The van der Waals surface area contributed by atoms with Crippen LogP contribution in [-0.4, -0.2) is 21.6 Å². The Morgan fingerprint density at radius 2 is 1.40 bits per heavy atom. The van der Waals surface area contributed by atoms with E-state index in [9.17, 15) is 9.59 Å². The van der Waals surface area contributed by atoms with Crippen molar-refractivity contribution in [2.45, 2.75) is 6.92 Å². The predicted molar refractivity (Wildman–Crippen MR) is 118 cm³/mol. The summed E-state index contributed by atoms with van der Waals surface area (Å²) >= 11 is 0. The first-order valence-corrected chi connectivity index (χ1v) is 9.50. The minimum atomic E-state index is -0.298. The number of benzene rings is 3. The van der Waals surface area contributed by atoms with Gasteiger partial charge in [-0.1, -0.05) is 54.6 Å². The molecule has 0 aliphatic rings. The van der Waals surface area contributed by atoms with Gasteiger partial charge in [0.1, 0.15) is 5.69 Å². The molecule has 1 aromatic heterocycles. The molecule has 0 bridgehead atoms. The van der Waals surface area contributed by atoms with Crippen LogP contribution >= 0.6 is 0 Å². The van der Waals surface area contributed by atoms with Gasteiger partial charge in [0.2, 0.25) is 5.91 Å². The van der Waals surface area contributed by atoms with E-state index in [4.69, 9.17) is 0 Å². The van der Waals surface area contributed by atoms with Crippen LogP contribution in [0.2, 0.25) is 0 Å². The van der Waals surface area contributed by atoms with E-state index in [1.807, 2.05) is 60.7 Å². The molecule has 3 aromatic carbocycles. The number of hydrogen-bond donors (Lipinski definition) is 2.